The van der Waals surface area contributed by atoms with Crippen LogP contribution in [0.25, 0.3) is 6.08 Å². The molecule has 0 unspecified atom stereocenters. The van der Waals surface area contributed by atoms with Crippen LogP contribution in [-0.4, -0.2) is 21.0 Å². The van der Waals surface area contributed by atoms with E-state index in [2.05, 4.69) is 4.18 Å². The molecular weight excluding hydrogens is 273 g/mol. The molecule has 18 heavy (non-hydrogen) atoms. The summed E-state index contributed by atoms with van der Waals surface area (Å²) in [5.41, 5.74) is -5.00. The van der Waals surface area contributed by atoms with Crippen molar-refractivity contribution in [2.45, 2.75) is 5.51 Å². The first-order valence-corrected chi connectivity index (χ1v) is 5.97. The van der Waals surface area contributed by atoms with Gasteiger partial charge in [-0.2, -0.15) is 21.6 Å². The lowest BCUT2D eigenvalue weighted by molar-refractivity contribution is -0.0514. The minimum atomic E-state index is -5.60. The van der Waals surface area contributed by atoms with Gasteiger partial charge in [0.25, 0.3) is 0 Å². The summed E-state index contributed by atoms with van der Waals surface area (Å²) in [5, 5.41) is 0. The summed E-state index contributed by atoms with van der Waals surface area (Å²) in [7, 11) is -4.18. The normalized spacial score (nSPS) is 12.7. The lowest BCUT2D eigenvalue weighted by atomic mass is 10.2. The Bertz CT molecular complexity index is 534. The Hall–Kier alpha value is -1.70. The number of ether oxygens (including phenoxy) is 1. The molecule has 0 fully saturated rings. The molecule has 0 saturated carbocycles. The van der Waals surface area contributed by atoms with Gasteiger partial charge in [-0.05, 0) is 23.8 Å². The molecule has 100 valence electrons. The molecule has 0 saturated heterocycles. The molecule has 4 nitrogen and oxygen atoms in total. The maximum atomic E-state index is 11.9. The van der Waals surface area contributed by atoms with Gasteiger partial charge in [0.15, 0.2) is 0 Å². The first-order chi connectivity index (χ1) is 8.26. The van der Waals surface area contributed by atoms with E-state index in [1.165, 1.54) is 13.2 Å². The van der Waals surface area contributed by atoms with Crippen LogP contribution in [0.3, 0.4) is 0 Å². The van der Waals surface area contributed by atoms with Crippen molar-refractivity contribution >= 4 is 16.2 Å². The Kier molecular flexibility index (Phi) is 4.23. The molecule has 0 aliphatic rings. The molecule has 1 rings (SSSR count). The summed E-state index contributed by atoms with van der Waals surface area (Å²) in [6.45, 7) is 0. The van der Waals surface area contributed by atoms with Gasteiger partial charge >= 0.3 is 15.6 Å². The molecule has 0 spiro atoms. The van der Waals surface area contributed by atoms with E-state index in [4.69, 9.17) is 4.74 Å². The van der Waals surface area contributed by atoms with Crippen LogP contribution in [0.5, 0.6) is 5.75 Å². The molecule has 0 aromatic heterocycles. The fourth-order valence-electron chi connectivity index (χ4n) is 0.979. The SMILES string of the molecule is COc1cccc(/C=C/OS(=O)(=O)C(F)(F)F)c1. The van der Waals surface area contributed by atoms with Gasteiger partial charge in [0.05, 0.1) is 7.11 Å². The van der Waals surface area contributed by atoms with E-state index in [1.54, 1.807) is 18.2 Å². The van der Waals surface area contributed by atoms with Gasteiger partial charge in [-0.15, -0.1) is 0 Å². The highest BCUT2D eigenvalue weighted by Crippen LogP contribution is 2.25. The number of halogens is 3. The van der Waals surface area contributed by atoms with Crippen LogP contribution in [0.15, 0.2) is 30.5 Å². The molecule has 0 heterocycles. The van der Waals surface area contributed by atoms with Gasteiger partial charge in [0, 0.05) is 0 Å². The Labute approximate surface area is 102 Å². The predicted molar refractivity (Wildman–Crippen MR) is 58.1 cm³/mol. The highest BCUT2D eigenvalue weighted by Gasteiger charge is 2.47. The largest absolute Gasteiger partial charge is 0.534 e. The molecule has 0 aliphatic heterocycles. The molecule has 0 aliphatic carbocycles. The van der Waals surface area contributed by atoms with E-state index in [9.17, 15) is 21.6 Å². The number of alkyl halides is 3. The zero-order valence-corrected chi connectivity index (χ0v) is 9.96. The first kappa shape index (κ1) is 14.4. The smallest absolute Gasteiger partial charge is 0.497 e. The second kappa shape index (κ2) is 5.30. The Balaban J connectivity index is 2.77. The van der Waals surface area contributed by atoms with Gasteiger partial charge in [-0.1, -0.05) is 12.1 Å². The Morgan fingerprint density at radius 3 is 2.50 bits per heavy atom. The number of hydrogen-bond donors (Lipinski definition) is 0. The van der Waals surface area contributed by atoms with Crippen LogP contribution >= 0.6 is 0 Å². The van der Waals surface area contributed by atoms with Crippen molar-refractivity contribution in [1.29, 1.82) is 0 Å². The number of methoxy groups -OCH3 is 1. The number of hydrogen-bond acceptors (Lipinski definition) is 4. The second-order valence-corrected chi connectivity index (χ2v) is 4.64. The minimum Gasteiger partial charge on any atom is -0.497 e. The average Bonchev–Trinajstić information content (AvgIpc) is 2.27. The van der Waals surface area contributed by atoms with Crippen molar-refractivity contribution in [3.63, 3.8) is 0 Å². The minimum absolute atomic E-state index is 0.437. The molecular formula is C10H9F3O4S. The van der Waals surface area contributed by atoms with Gasteiger partial charge in [0.1, 0.15) is 12.0 Å². The summed E-state index contributed by atoms with van der Waals surface area (Å²) in [6, 6.07) is 6.27. The predicted octanol–water partition coefficient (Wildman–Crippen LogP) is 2.53. The molecule has 0 bridgehead atoms. The monoisotopic (exact) mass is 282 g/mol. The molecule has 0 atom stereocenters. The number of rotatable bonds is 4. The van der Waals surface area contributed by atoms with Crippen molar-refractivity contribution in [3.05, 3.63) is 36.1 Å². The summed E-state index contributed by atoms with van der Waals surface area (Å²) >= 11 is 0. The molecule has 8 heteroatoms. The van der Waals surface area contributed by atoms with Crippen LogP contribution in [0.1, 0.15) is 5.56 Å². The molecule has 1 aromatic carbocycles. The third-order valence-corrected chi connectivity index (χ3v) is 2.75. The van der Waals surface area contributed by atoms with Crippen LogP contribution < -0.4 is 4.74 Å². The average molecular weight is 282 g/mol. The Morgan fingerprint density at radius 1 is 1.28 bits per heavy atom. The van der Waals surface area contributed by atoms with Crippen molar-refractivity contribution in [2.75, 3.05) is 7.11 Å². The van der Waals surface area contributed by atoms with Crippen LogP contribution in [0, 0.1) is 0 Å². The van der Waals surface area contributed by atoms with Gasteiger partial charge in [-0.3, -0.25) is 0 Å². The molecule has 0 N–H and O–H groups in total. The zero-order valence-electron chi connectivity index (χ0n) is 9.14. The van der Waals surface area contributed by atoms with E-state index in [0.717, 1.165) is 6.08 Å². The van der Waals surface area contributed by atoms with Crippen molar-refractivity contribution in [2.24, 2.45) is 0 Å². The van der Waals surface area contributed by atoms with Crippen LogP contribution in [0.4, 0.5) is 13.2 Å². The summed E-state index contributed by atoms with van der Waals surface area (Å²) in [5.74, 6) is 0.482. The van der Waals surface area contributed by atoms with E-state index in [-0.39, 0.29) is 0 Å². The lowest BCUT2D eigenvalue weighted by Crippen LogP contribution is -2.23. The van der Waals surface area contributed by atoms with E-state index in [0.29, 0.717) is 17.6 Å². The topological polar surface area (TPSA) is 52.6 Å². The molecule has 1 aromatic rings. The quantitative estimate of drug-likeness (QED) is 0.484. The third kappa shape index (κ3) is 3.66. The van der Waals surface area contributed by atoms with E-state index in [1.807, 2.05) is 0 Å². The van der Waals surface area contributed by atoms with Crippen molar-refractivity contribution in [3.8, 4) is 5.75 Å². The summed E-state index contributed by atoms with van der Waals surface area (Å²) in [4.78, 5) is 0. The fraction of sp³-hybridized carbons (Fsp3) is 0.200. The van der Waals surface area contributed by atoms with Crippen LogP contribution in [0.2, 0.25) is 0 Å². The zero-order chi connectivity index (χ0) is 13.8. The third-order valence-electron chi connectivity index (χ3n) is 1.82. The highest BCUT2D eigenvalue weighted by molar-refractivity contribution is 7.87. The maximum absolute atomic E-state index is 11.9. The highest BCUT2D eigenvalue weighted by atomic mass is 32.2. The Morgan fingerprint density at radius 2 is 1.94 bits per heavy atom. The van der Waals surface area contributed by atoms with Gasteiger partial charge in [-0.25, -0.2) is 0 Å². The van der Waals surface area contributed by atoms with Gasteiger partial charge < -0.3 is 8.92 Å². The van der Waals surface area contributed by atoms with Crippen molar-refractivity contribution < 1.29 is 30.5 Å². The lowest BCUT2D eigenvalue weighted by Gasteiger charge is -2.05. The standard InChI is InChI=1S/C10H9F3O4S/c1-16-9-4-2-3-8(7-9)5-6-17-18(14,15)10(11,12)13/h2-7H,1H3/b6-5+. The van der Waals surface area contributed by atoms with Crippen molar-refractivity contribution in [1.82, 2.24) is 0 Å². The van der Waals surface area contributed by atoms with Crippen LogP contribution in [-0.2, 0) is 14.3 Å². The molecule has 0 radical (unpaired) electrons. The summed E-state index contributed by atoms with van der Waals surface area (Å²) in [6.07, 6.45) is 1.53. The summed E-state index contributed by atoms with van der Waals surface area (Å²) < 4.78 is 65.4. The second-order valence-electron chi connectivity index (χ2n) is 3.08. The first-order valence-electron chi connectivity index (χ1n) is 4.56. The maximum Gasteiger partial charge on any atom is 0.534 e. The van der Waals surface area contributed by atoms with E-state index >= 15 is 0 Å². The van der Waals surface area contributed by atoms with Gasteiger partial charge in [0.2, 0.25) is 0 Å². The molecule has 0 amide bonds. The van der Waals surface area contributed by atoms with E-state index < -0.39 is 15.6 Å². The fourth-order valence-corrected chi connectivity index (χ4v) is 1.29. The number of benzene rings is 1.